The van der Waals surface area contributed by atoms with E-state index in [1.807, 2.05) is 12.1 Å². The summed E-state index contributed by atoms with van der Waals surface area (Å²) in [4.78, 5) is 0. The van der Waals surface area contributed by atoms with Gasteiger partial charge in [-0.25, -0.2) is 4.39 Å². The molecule has 0 aromatic heterocycles. The van der Waals surface area contributed by atoms with Crippen LogP contribution in [0.4, 0.5) is 4.39 Å². The van der Waals surface area contributed by atoms with Crippen LogP contribution in [-0.2, 0) is 0 Å². The predicted molar refractivity (Wildman–Crippen MR) is 58.6 cm³/mol. The summed E-state index contributed by atoms with van der Waals surface area (Å²) < 4.78 is 13.1. The van der Waals surface area contributed by atoms with E-state index in [4.69, 9.17) is 5.26 Å². The summed E-state index contributed by atoms with van der Waals surface area (Å²) >= 11 is 3.28. The zero-order valence-electron chi connectivity index (χ0n) is 7.50. The molecule has 0 saturated heterocycles. The molecule has 1 aromatic carbocycles. The molecule has 0 bridgehead atoms. The van der Waals surface area contributed by atoms with Crippen LogP contribution in [0.3, 0.4) is 0 Å². The summed E-state index contributed by atoms with van der Waals surface area (Å²) in [5.74, 6) is -0.464. The number of hydrogen-bond acceptors (Lipinski definition) is 1. The molecule has 1 rings (SSSR count). The Balaban J connectivity index is 2.98. The molecule has 1 aromatic rings. The second-order valence-corrected chi connectivity index (χ2v) is 3.49. The fourth-order valence-electron chi connectivity index (χ4n) is 1.07. The molecule has 0 saturated carbocycles. The zero-order chi connectivity index (χ0) is 10.4. The number of nitriles is 1. The number of rotatable bonds is 3. The number of benzene rings is 1. The topological polar surface area (TPSA) is 23.8 Å². The maximum atomic E-state index is 13.1. The predicted octanol–water partition coefficient (Wildman–Crippen LogP) is 3.50. The van der Waals surface area contributed by atoms with Crippen LogP contribution in [-0.4, -0.2) is 5.33 Å². The molecule has 0 amide bonds. The number of nitrogens with zero attached hydrogens (tertiary/aromatic N) is 1. The lowest BCUT2D eigenvalue weighted by Gasteiger charge is -1.97. The van der Waals surface area contributed by atoms with Crippen molar-refractivity contribution in [2.45, 2.75) is 6.42 Å². The van der Waals surface area contributed by atoms with Crippen LogP contribution in [0.5, 0.6) is 0 Å². The lowest BCUT2D eigenvalue weighted by atomic mass is 10.1. The van der Waals surface area contributed by atoms with E-state index in [-0.39, 0.29) is 5.56 Å². The minimum Gasteiger partial charge on any atom is -0.206 e. The summed E-state index contributed by atoms with van der Waals surface area (Å²) in [6.07, 6.45) is 4.54. The first-order chi connectivity index (χ1) is 6.79. The van der Waals surface area contributed by atoms with Crippen molar-refractivity contribution in [2.24, 2.45) is 0 Å². The number of hydrogen-bond donors (Lipinski definition) is 0. The highest BCUT2D eigenvalue weighted by Gasteiger charge is 2.03. The summed E-state index contributed by atoms with van der Waals surface area (Å²) in [7, 11) is 0. The second-order valence-electron chi connectivity index (χ2n) is 2.70. The van der Waals surface area contributed by atoms with Gasteiger partial charge in [-0.15, -0.1) is 0 Å². The van der Waals surface area contributed by atoms with E-state index in [0.29, 0.717) is 5.56 Å². The van der Waals surface area contributed by atoms with E-state index in [2.05, 4.69) is 15.9 Å². The molecule has 0 atom stereocenters. The molecule has 0 N–H and O–H groups in total. The summed E-state index contributed by atoms with van der Waals surface area (Å²) in [5.41, 5.74) is 0.742. The molecule has 0 unspecified atom stereocenters. The Bertz CT molecular complexity index is 379. The highest BCUT2D eigenvalue weighted by Crippen LogP contribution is 2.14. The average Bonchev–Trinajstić information content (AvgIpc) is 2.18. The largest absolute Gasteiger partial charge is 0.206 e. The van der Waals surface area contributed by atoms with Crippen molar-refractivity contribution in [3.05, 3.63) is 41.2 Å². The van der Waals surface area contributed by atoms with E-state index in [1.54, 1.807) is 18.2 Å². The van der Waals surface area contributed by atoms with Crippen molar-refractivity contribution < 1.29 is 4.39 Å². The number of halogens is 2. The number of alkyl halides is 1. The van der Waals surface area contributed by atoms with Gasteiger partial charge in [0.1, 0.15) is 11.9 Å². The second kappa shape index (κ2) is 5.56. The van der Waals surface area contributed by atoms with Crippen LogP contribution >= 0.6 is 15.9 Å². The quantitative estimate of drug-likeness (QED) is 0.757. The Morgan fingerprint density at radius 2 is 2.29 bits per heavy atom. The van der Waals surface area contributed by atoms with Gasteiger partial charge in [0.05, 0.1) is 5.56 Å². The molecular weight excluding hydrogens is 245 g/mol. The van der Waals surface area contributed by atoms with Gasteiger partial charge in [0.2, 0.25) is 0 Å². The molecule has 0 aliphatic carbocycles. The first-order valence-corrected chi connectivity index (χ1v) is 5.33. The van der Waals surface area contributed by atoms with Gasteiger partial charge in [-0.1, -0.05) is 40.2 Å². The Hall–Kier alpha value is -1.14. The van der Waals surface area contributed by atoms with Crippen molar-refractivity contribution >= 4 is 22.0 Å². The molecule has 0 aliphatic rings. The molecule has 0 spiro atoms. The number of allylic oxidation sites excluding steroid dienone is 1. The average molecular weight is 254 g/mol. The van der Waals surface area contributed by atoms with Crippen LogP contribution < -0.4 is 0 Å². The third kappa shape index (κ3) is 2.68. The van der Waals surface area contributed by atoms with Crippen LogP contribution in [0.1, 0.15) is 17.5 Å². The van der Waals surface area contributed by atoms with Crippen LogP contribution in [0.2, 0.25) is 0 Å². The van der Waals surface area contributed by atoms with Gasteiger partial charge >= 0.3 is 0 Å². The molecule has 0 radical (unpaired) electrons. The summed E-state index contributed by atoms with van der Waals surface area (Å²) in [6, 6.07) is 6.47. The fourth-order valence-corrected chi connectivity index (χ4v) is 1.34. The van der Waals surface area contributed by atoms with Gasteiger partial charge in [-0.2, -0.15) is 5.26 Å². The van der Waals surface area contributed by atoms with Gasteiger partial charge in [-0.05, 0) is 18.1 Å². The standard InChI is InChI=1S/C11H9BrFN/c12-7-2-1-4-9-5-3-6-11(13)10(9)8-14/h1,3-6H,2,7H2. The molecular formula is C11H9BrFN. The molecule has 1 nitrogen and oxygen atoms in total. The molecule has 0 fully saturated rings. The van der Waals surface area contributed by atoms with Gasteiger partial charge < -0.3 is 0 Å². The van der Waals surface area contributed by atoms with Crippen molar-refractivity contribution in [2.75, 3.05) is 5.33 Å². The van der Waals surface area contributed by atoms with Gasteiger partial charge in [0.25, 0.3) is 0 Å². The molecule has 0 heterocycles. The minimum absolute atomic E-state index is 0.110. The smallest absolute Gasteiger partial charge is 0.141 e. The molecule has 14 heavy (non-hydrogen) atoms. The summed E-state index contributed by atoms with van der Waals surface area (Å²) in [5, 5.41) is 9.58. The maximum absolute atomic E-state index is 13.1. The van der Waals surface area contributed by atoms with Crippen LogP contribution in [0.25, 0.3) is 6.08 Å². The Labute approximate surface area is 91.0 Å². The first-order valence-electron chi connectivity index (χ1n) is 4.20. The fraction of sp³-hybridized carbons (Fsp3) is 0.182. The highest BCUT2D eigenvalue weighted by molar-refractivity contribution is 9.09. The van der Waals surface area contributed by atoms with Crippen molar-refractivity contribution in [3.63, 3.8) is 0 Å². The van der Waals surface area contributed by atoms with Gasteiger partial charge in [-0.3, -0.25) is 0 Å². The highest BCUT2D eigenvalue weighted by atomic mass is 79.9. The van der Waals surface area contributed by atoms with Gasteiger partial charge in [0, 0.05) is 5.33 Å². The maximum Gasteiger partial charge on any atom is 0.141 e. The third-order valence-corrected chi connectivity index (χ3v) is 2.19. The lowest BCUT2D eigenvalue weighted by Crippen LogP contribution is -1.87. The van der Waals surface area contributed by atoms with Crippen molar-refractivity contribution in [1.82, 2.24) is 0 Å². The Morgan fingerprint density at radius 3 is 2.93 bits per heavy atom. The monoisotopic (exact) mass is 253 g/mol. The van der Waals surface area contributed by atoms with Crippen LogP contribution in [0.15, 0.2) is 24.3 Å². The molecule has 3 heteroatoms. The van der Waals surface area contributed by atoms with E-state index in [9.17, 15) is 4.39 Å². The van der Waals surface area contributed by atoms with Crippen LogP contribution in [0, 0.1) is 17.1 Å². The minimum atomic E-state index is -0.464. The first kappa shape index (κ1) is 10.9. The van der Waals surface area contributed by atoms with E-state index < -0.39 is 5.82 Å². The van der Waals surface area contributed by atoms with Gasteiger partial charge in [0.15, 0.2) is 0 Å². The third-order valence-electron chi connectivity index (χ3n) is 1.73. The zero-order valence-corrected chi connectivity index (χ0v) is 9.09. The summed E-state index contributed by atoms with van der Waals surface area (Å²) in [6.45, 7) is 0. The SMILES string of the molecule is N#Cc1c(F)cccc1C=CCCBr. The normalized spacial score (nSPS) is 10.4. The Kier molecular flexibility index (Phi) is 4.34. The molecule has 0 aliphatic heterocycles. The van der Waals surface area contributed by atoms with Crippen molar-refractivity contribution in [3.8, 4) is 6.07 Å². The van der Waals surface area contributed by atoms with E-state index in [1.165, 1.54) is 6.07 Å². The van der Waals surface area contributed by atoms with Crippen molar-refractivity contribution in [1.29, 1.82) is 5.26 Å². The Morgan fingerprint density at radius 1 is 1.50 bits per heavy atom. The lowest BCUT2D eigenvalue weighted by molar-refractivity contribution is 0.623. The van der Waals surface area contributed by atoms with E-state index >= 15 is 0 Å². The van der Waals surface area contributed by atoms with E-state index in [0.717, 1.165) is 11.8 Å². The molecule has 72 valence electrons.